The van der Waals surface area contributed by atoms with Gasteiger partial charge in [0, 0.05) is 12.5 Å². The molecule has 0 saturated heterocycles. The van der Waals surface area contributed by atoms with Crippen LogP contribution >= 0.6 is 11.8 Å². The molecule has 0 fully saturated rings. The van der Waals surface area contributed by atoms with Crippen molar-refractivity contribution in [1.82, 2.24) is 4.84 Å². The fourth-order valence-electron chi connectivity index (χ4n) is 1.01. The largest absolute Gasteiger partial charge is 0.226 e. The predicted octanol–water partition coefficient (Wildman–Crippen LogP) is 2.14. The molecule has 1 aliphatic carbocycles. The molecular formula is C6H9ClFN. The maximum absolute atomic E-state index is 12.5. The number of nitrogens with one attached hydrogen (secondary N) is 1. The summed E-state index contributed by atoms with van der Waals surface area (Å²) in [6, 6.07) is 0.0617. The van der Waals surface area contributed by atoms with E-state index in [0.717, 1.165) is 12.0 Å². The molecule has 0 aromatic carbocycles. The maximum Gasteiger partial charge on any atom is 0.101 e. The van der Waals surface area contributed by atoms with E-state index in [4.69, 9.17) is 11.8 Å². The summed E-state index contributed by atoms with van der Waals surface area (Å²) in [7, 11) is 0. The molecule has 1 rings (SSSR count). The Kier molecular flexibility index (Phi) is 2.09. The van der Waals surface area contributed by atoms with E-state index in [0.29, 0.717) is 6.42 Å². The Balaban J connectivity index is 2.63. The van der Waals surface area contributed by atoms with Crippen molar-refractivity contribution in [2.75, 3.05) is 0 Å². The minimum Gasteiger partial charge on any atom is -0.226 e. The molecular weight excluding hydrogens is 141 g/mol. The normalized spacial score (nSPS) is 27.7. The molecule has 1 N–H and O–H groups in total. The molecule has 0 aromatic heterocycles. The quantitative estimate of drug-likeness (QED) is 0.564. The first kappa shape index (κ1) is 7.03. The van der Waals surface area contributed by atoms with Gasteiger partial charge in [-0.15, -0.1) is 0 Å². The second kappa shape index (κ2) is 2.67. The molecule has 0 bridgehead atoms. The van der Waals surface area contributed by atoms with Gasteiger partial charge in [0.05, 0.1) is 0 Å². The van der Waals surface area contributed by atoms with E-state index < -0.39 is 0 Å². The lowest BCUT2D eigenvalue weighted by Gasteiger charge is -2.05. The van der Waals surface area contributed by atoms with E-state index in [1.807, 2.05) is 0 Å². The van der Waals surface area contributed by atoms with Crippen molar-refractivity contribution in [3.8, 4) is 0 Å². The van der Waals surface area contributed by atoms with Gasteiger partial charge in [0.1, 0.15) is 5.83 Å². The van der Waals surface area contributed by atoms with Crippen LogP contribution in [0.25, 0.3) is 0 Å². The van der Waals surface area contributed by atoms with Crippen LogP contribution in [0.5, 0.6) is 0 Å². The van der Waals surface area contributed by atoms with Crippen molar-refractivity contribution >= 4 is 11.8 Å². The van der Waals surface area contributed by atoms with E-state index in [1.165, 1.54) is 0 Å². The highest BCUT2D eigenvalue weighted by atomic mass is 35.5. The monoisotopic (exact) mass is 149 g/mol. The lowest BCUT2D eigenvalue weighted by Crippen LogP contribution is -2.17. The molecule has 1 atom stereocenters. The van der Waals surface area contributed by atoms with Crippen LogP contribution in [-0.2, 0) is 0 Å². The Labute approximate surface area is 59.0 Å². The standard InChI is InChI=1S/C6H9ClFN/c1-4-5(8)2-3-6(4)9-7/h6,9H,2-3H2,1H3. The van der Waals surface area contributed by atoms with Gasteiger partial charge in [0.25, 0.3) is 0 Å². The second-order valence-electron chi connectivity index (χ2n) is 2.29. The van der Waals surface area contributed by atoms with Crippen molar-refractivity contribution in [2.24, 2.45) is 0 Å². The number of hydrogen-bond acceptors (Lipinski definition) is 1. The van der Waals surface area contributed by atoms with E-state index in [-0.39, 0.29) is 11.9 Å². The van der Waals surface area contributed by atoms with Gasteiger partial charge in [-0.25, -0.2) is 9.23 Å². The van der Waals surface area contributed by atoms with Gasteiger partial charge < -0.3 is 0 Å². The summed E-state index contributed by atoms with van der Waals surface area (Å²) in [5.74, 6) is -0.00634. The van der Waals surface area contributed by atoms with Crippen LogP contribution in [0, 0.1) is 0 Å². The number of hydrogen-bond donors (Lipinski definition) is 1. The molecule has 52 valence electrons. The second-order valence-corrected chi connectivity index (χ2v) is 2.51. The van der Waals surface area contributed by atoms with Gasteiger partial charge in [-0.3, -0.25) is 0 Å². The van der Waals surface area contributed by atoms with Crippen LogP contribution in [0.1, 0.15) is 19.8 Å². The first-order chi connectivity index (χ1) is 4.25. The molecule has 3 heteroatoms. The van der Waals surface area contributed by atoms with Crippen molar-refractivity contribution < 1.29 is 4.39 Å². The fourth-order valence-corrected chi connectivity index (χ4v) is 1.28. The van der Waals surface area contributed by atoms with E-state index in [1.54, 1.807) is 6.92 Å². The summed E-state index contributed by atoms with van der Waals surface area (Å²) in [5.41, 5.74) is 0.755. The van der Waals surface area contributed by atoms with Gasteiger partial charge >= 0.3 is 0 Å². The minimum atomic E-state index is -0.00634. The molecule has 1 unspecified atom stereocenters. The summed E-state index contributed by atoms with van der Waals surface area (Å²) in [4.78, 5) is 2.52. The maximum atomic E-state index is 12.5. The zero-order valence-corrected chi connectivity index (χ0v) is 6.00. The van der Waals surface area contributed by atoms with Gasteiger partial charge in [-0.05, 0) is 30.7 Å². The van der Waals surface area contributed by atoms with Crippen LogP contribution in [0.15, 0.2) is 11.4 Å². The zero-order chi connectivity index (χ0) is 6.85. The number of allylic oxidation sites excluding steroid dienone is 1. The Bertz CT molecular complexity index is 144. The molecule has 0 spiro atoms. The first-order valence-electron chi connectivity index (χ1n) is 2.97. The first-order valence-corrected chi connectivity index (χ1v) is 3.35. The van der Waals surface area contributed by atoms with E-state index in [9.17, 15) is 4.39 Å². The van der Waals surface area contributed by atoms with Crippen LogP contribution < -0.4 is 4.84 Å². The Morgan fingerprint density at radius 1 is 1.78 bits per heavy atom. The minimum absolute atomic E-state index is 0.00634. The average Bonchev–Trinajstić information content (AvgIpc) is 2.15. The molecule has 1 nitrogen and oxygen atoms in total. The molecule has 0 heterocycles. The smallest absolute Gasteiger partial charge is 0.101 e. The summed E-state index contributed by atoms with van der Waals surface area (Å²) in [5, 5.41) is 0. The van der Waals surface area contributed by atoms with Gasteiger partial charge in [0.2, 0.25) is 0 Å². The fraction of sp³-hybridized carbons (Fsp3) is 0.667. The lowest BCUT2D eigenvalue weighted by molar-refractivity contribution is 0.598. The molecule has 9 heavy (non-hydrogen) atoms. The summed E-state index contributed by atoms with van der Waals surface area (Å²) in [6.07, 6.45) is 1.33. The van der Waals surface area contributed by atoms with Crippen molar-refractivity contribution in [3.63, 3.8) is 0 Å². The van der Waals surface area contributed by atoms with Crippen LogP contribution in [0.4, 0.5) is 4.39 Å². The summed E-state index contributed by atoms with van der Waals surface area (Å²) in [6.45, 7) is 1.77. The summed E-state index contributed by atoms with van der Waals surface area (Å²) >= 11 is 5.32. The third-order valence-corrected chi connectivity index (χ3v) is 2.00. The Morgan fingerprint density at radius 2 is 2.44 bits per heavy atom. The van der Waals surface area contributed by atoms with E-state index >= 15 is 0 Å². The third kappa shape index (κ3) is 1.25. The van der Waals surface area contributed by atoms with Crippen LogP contribution in [0.3, 0.4) is 0 Å². The van der Waals surface area contributed by atoms with Crippen LogP contribution in [-0.4, -0.2) is 6.04 Å². The van der Waals surface area contributed by atoms with Crippen molar-refractivity contribution in [2.45, 2.75) is 25.8 Å². The van der Waals surface area contributed by atoms with Crippen LogP contribution in [0.2, 0.25) is 0 Å². The molecule has 0 saturated carbocycles. The van der Waals surface area contributed by atoms with Crippen molar-refractivity contribution in [3.05, 3.63) is 11.4 Å². The number of halogens is 2. The highest BCUT2D eigenvalue weighted by molar-refractivity contribution is 6.13. The molecule has 0 radical (unpaired) electrons. The van der Waals surface area contributed by atoms with Crippen molar-refractivity contribution in [1.29, 1.82) is 0 Å². The Hall–Kier alpha value is -0.0800. The zero-order valence-electron chi connectivity index (χ0n) is 5.25. The number of rotatable bonds is 1. The van der Waals surface area contributed by atoms with Gasteiger partial charge in [-0.1, -0.05) is 0 Å². The third-order valence-electron chi connectivity index (χ3n) is 1.73. The SMILES string of the molecule is CC1=C(F)CCC1NCl. The lowest BCUT2D eigenvalue weighted by atomic mass is 10.2. The highest BCUT2D eigenvalue weighted by Crippen LogP contribution is 2.26. The van der Waals surface area contributed by atoms with Gasteiger partial charge in [0.15, 0.2) is 0 Å². The topological polar surface area (TPSA) is 12.0 Å². The predicted molar refractivity (Wildman–Crippen MR) is 35.8 cm³/mol. The highest BCUT2D eigenvalue weighted by Gasteiger charge is 2.20. The molecule has 1 aliphatic rings. The molecule has 0 aliphatic heterocycles. The summed E-state index contributed by atoms with van der Waals surface area (Å²) < 4.78 is 12.5. The molecule has 0 amide bonds. The average molecular weight is 150 g/mol. The Morgan fingerprint density at radius 3 is 2.67 bits per heavy atom. The van der Waals surface area contributed by atoms with Gasteiger partial charge in [-0.2, -0.15) is 0 Å². The molecule has 0 aromatic rings. The van der Waals surface area contributed by atoms with E-state index in [2.05, 4.69) is 4.84 Å².